The first-order valence-corrected chi connectivity index (χ1v) is 12.1. The molecule has 200 valence electrons. The van der Waals surface area contributed by atoms with E-state index in [0.717, 1.165) is 38.5 Å². The molecule has 0 bridgehead atoms. The van der Waals surface area contributed by atoms with E-state index in [-0.39, 0.29) is 36.2 Å². The van der Waals surface area contributed by atoms with Gasteiger partial charge in [-0.05, 0) is 24.7 Å². The van der Waals surface area contributed by atoms with Crippen LogP contribution in [0.2, 0.25) is 0 Å². The lowest BCUT2D eigenvalue weighted by Gasteiger charge is -2.17. The zero-order valence-electron chi connectivity index (χ0n) is 21.7. The number of hydrogen-bond acceptors (Lipinski definition) is 7. The van der Waals surface area contributed by atoms with Crippen LogP contribution >= 0.6 is 0 Å². The highest BCUT2D eigenvalue weighted by Gasteiger charge is 2.21. The van der Waals surface area contributed by atoms with Gasteiger partial charge >= 0.3 is 12.1 Å². The summed E-state index contributed by atoms with van der Waals surface area (Å²) in [5, 5.41) is 14.0. The van der Waals surface area contributed by atoms with Crippen LogP contribution in [0.1, 0.15) is 79.6 Å². The lowest BCUT2D eigenvalue weighted by Crippen LogP contribution is -2.38. The minimum atomic E-state index is -0.672. The van der Waals surface area contributed by atoms with Crippen LogP contribution in [-0.2, 0) is 24.0 Å². The molecule has 7 N–H and O–H groups in total. The van der Waals surface area contributed by atoms with E-state index < -0.39 is 5.97 Å². The zero-order valence-corrected chi connectivity index (χ0v) is 21.7. The van der Waals surface area contributed by atoms with E-state index in [1.807, 2.05) is 0 Å². The predicted molar refractivity (Wildman–Crippen MR) is 131 cm³/mol. The van der Waals surface area contributed by atoms with Crippen LogP contribution < -0.4 is 22.1 Å². The van der Waals surface area contributed by atoms with E-state index in [1.54, 1.807) is 6.92 Å². The average Bonchev–Trinajstić information content (AvgIpc) is 2.75. The minimum absolute atomic E-state index is 0.0814. The maximum absolute atomic E-state index is 12.0. The fourth-order valence-corrected chi connectivity index (χ4v) is 2.90. The van der Waals surface area contributed by atoms with Gasteiger partial charge in [0.2, 0.25) is 11.8 Å². The van der Waals surface area contributed by atoms with Crippen LogP contribution in [0.25, 0.3) is 0 Å². The van der Waals surface area contributed by atoms with Crippen molar-refractivity contribution in [2.75, 3.05) is 26.2 Å². The van der Waals surface area contributed by atoms with Crippen molar-refractivity contribution in [2.45, 2.75) is 79.6 Å². The van der Waals surface area contributed by atoms with Crippen molar-refractivity contribution in [1.82, 2.24) is 10.6 Å². The third-order valence-corrected chi connectivity index (χ3v) is 4.89. The monoisotopic (exact) mass is 488 g/mol. The summed E-state index contributed by atoms with van der Waals surface area (Å²) >= 11 is 0. The molecule has 34 heavy (non-hydrogen) atoms. The van der Waals surface area contributed by atoms with Crippen molar-refractivity contribution in [2.24, 2.45) is 35.1 Å². The molecular formula is C24H48N4O6. The van der Waals surface area contributed by atoms with E-state index in [4.69, 9.17) is 26.2 Å². The van der Waals surface area contributed by atoms with Crippen LogP contribution in [0.15, 0.2) is 0 Å². The van der Waals surface area contributed by atoms with Gasteiger partial charge in [-0.2, -0.15) is 9.59 Å². The van der Waals surface area contributed by atoms with Crippen molar-refractivity contribution in [3.63, 3.8) is 0 Å². The normalized spacial score (nSPS) is 11.8. The van der Waals surface area contributed by atoms with Crippen molar-refractivity contribution in [1.29, 1.82) is 0 Å². The third-order valence-electron chi connectivity index (χ3n) is 4.89. The van der Waals surface area contributed by atoms with Crippen LogP contribution in [0.5, 0.6) is 0 Å². The molecule has 0 aliphatic heterocycles. The van der Waals surface area contributed by atoms with Crippen molar-refractivity contribution in [3.8, 4) is 0 Å². The second kappa shape index (κ2) is 25.3. The van der Waals surface area contributed by atoms with E-state index in [0.29, 0.717) is 38.0 Å². The van der Waals surface area contributed by atoms with Crippen LogP contribution in [0, 0.1) is 23.7 Å². The Balaban J connectivity index is -0.000000575. The SMILES string of the molecule is CC(C)CCCC(C)C(=O)O.CC(C)CCCC(CC(=O)NCCN)C(=O)NCCN.O=C=O. The van der Waals surface area contributed by atoms with Crippen LogP contribution in [-0.4, -0.2) is 55.2 Å². The molecule has 0 aromatic carbocycles. The van der Waals surface area contributed by atoms with Gasteiger partial charge in [0.15, 0.2) is 0 Å². The molecule has 2 amide bonds. The summed E-state index contributed by atoms with van der Waals surface area (Å²) in [4.78, 5) is 50.4. The molecule has 0 saturated heterocycles. The van der Waals surface area contributed by atoms with E-state index in [9.17, 15) is 14.4 Å². The lowest BCUT2D eigenvalue weighted by atomic mass is 9.94. The molecule has 0 aromatic heterocycles. The van der Waals surface area contributed by atoms with Crippen LogP contribution in [0.4, 0.5) is 0 Å². The molecule has 0 aliphatic rings. The Morgan fingerprint density at radius 2 is 1.24 bits per heavy atom. The molecule has 0 radical (unpaired) electrons. The smallest absolute Gasteiger partial charge is 0.373 e. The summed E-state index contributed by atoms with van der Waals surface area (Å²) in [5.74, 6) is -0.0274. The number of amides is 2. The summed E-state index contributed by atoms with van der Waals surface area (Å²) < 4.78 is 0. The van der Waals surface area contributed by atoms with Gasteiger partial charge in [0.25, 0.3) is 0 Å². The van der Waals surface area contributed by atoms with Crippen molar-refractivity contribution >= 4 is 23.9 Å². The predicted octanol–water partition coefficient (Wildman–Crippen LogP) is 1.92. The summed E-state index contributed by atoms with van der Waals surface area (Å²) in [6.45, 7) is 12.1. The number of hydrogen-bond donors (Lipinski definition) is 5. The Hall–Kier alpha value is -2.29. The van der Waals surface area contributed by atoms with E-state index in [1.165, 1.54) is 0 Å². The Labute approximate surface area is 205 Å². The fourth-order valence-electron chi connectivity index (χ4n) is 2.90. The molecule has 0 fully saturated rings. The summed E-state index contributed by atoms with van der Waals surface area (Å²) in [5.41, 5.74) is 10.7. The molecule has 2 atom stereocenters. The maximum atomic E-state index is 12.0. The Bertz CT molecular complexity index is 564. The van der Waals surface area contributed by atoms with Gasteiger partial charge in [0.05, 0.1) is 5.92 Å². The molecule has 0 spiro atoms. The summed E-state index contributed by atoms with van der Waals surface area (Å²) in [6, 6.07) is 0. The van der Waals surface area contributed by atoms with Gasteiger partial charge < -0.3 is 27.2 Å². The maximum Gasteiger partial charge on any atom is 0.373 e. The molecule has 2 unspecified atom stereocenters. The molecule has 0 rings (SSSR count). The molecule has 10 heteroatoms. The standard InChI is InChI=1S/C14H30N4O2.C9H18O2.CO2/c1-11(2)4-3-5-12(14(20)18-9-7-16)10-13(19)17-8-6-15;1-7(2)5-4-6-8(3)9(10)11;2-1-3/h11-12H,3-10,15-16H2,1-2H3,(H,17,19)(H,18,20);7-8H,4-6H2,1-3H3,(H,10,11);. The zero-order chi connectivity index (χ0) is 26.9. The third kappa shape index (κ3) is 27.7. The number of carboxylic acids is 1. The average molecular weight is 489 g/mol. The van der Waals surface area contributed by atoms with Crippen molar-refractivity contribution < 1.29 is 29.1 Å². The van der Waals surface area contributed by atoms with Gasteiger partial charge in [-0.1, -0.05) is 60.3 Å². The second-order valence-corrected chi connectivity index (χ2v) is 9.09. The molecular weight excluding hydrogens is 440 g/mol. The van der Waals surface area contributed by atoms with Gasteiger partial charge in [-0.15, -0.1) is 0 Å². The number of carbonyl (C=O) groups is 3. The van der Waals surface area contributed by atoms with E-state index in [2.05, 4.69) is 38.3 Å². The highest BCUT2D eigenvalue weighted by atomic mass is 16.4. The molecule has 0 aliphatic carbocycles. The van der Waals surface area contributed by atoms with Crippen molar-refractivity contribution in [3.05, 3.63) is 0 Å². The molecule has 0 heterocycles. The van der Waals surface area contributed by atoms with E-state index >= 15 is 0 Å². The first-order valence-electron chi connectivity index (χ1n) is 12.1. The summed E-state index contributed by atoms with van der Waals surface area (Å²) in [7, 11) is 0. The summed E-state index contributed by atoms with van der Waals surface area (Å²) in [6.07, 6.45) is 6.18. The lowest BCUT2D eigenvalue weighted by molar-refractivity contribution is -0.191. The largest absolute Gasteiger partial charge is 0.481 e. The number of carbonyl (C=O) groups excluding carboxylic acids is 4. The minimum Gasteiger partial charge on any atom is -0.481 e. The van der Waals surface area contributed by atoms with Crippen LogP contribution in [0.3, 0.4) is 0 Å². The highest BCUT2D eigenvalue weighted by Crippen LogP contribution is 2.16. The first kappa shape index (κ1) is 36.3. The fraction of sp³-hybridized carbons (Fsp3) is 0.833. The highest BCUT2D eigenvalue weighted by molar-refractivity contribution is 5.85. The van der Waals surface area contributed by atoms with Gasteiger partial charge in [0, 0.05) is 38.5 Å². The Morgan fingerprint density at radius 3 is 1.65 bits per heavy atom. The Kier molecular flexibility index (Phi) is 27.0. The molecule has 10 nitrogen and oxygen atoms in total. The molecule has 0 saturated carbocycles. The number of aliphatic carboxylic acids is 1. The first-order chi connectivity index (χ1) is 16.0. The Morgan fingerprint density at radius 1 is 0.794 bits per heavy atom. The number of carboxylic acid groups (broad SMARTS) is 1. The quantitative estimate of drug-likeness (QED) is 0.218. The number of nitrogens with one attached hydrogen (secondary N) is 2. The van der Waals surface area contributed by atoms with Gasteiger partial charge in [-0.25, -0.2) is 0 Å². The molecule has 0 aromatic rings. The number of rotatable bonds is 16. The second-order valence-electron chi connectivity index (χ2n) is 9.09. The van der Waals surface area contributed by atoms with Gasteiger partial charge in [-0.3, -0.25) is 14.4 Å². The number of nitrogens with two attached hydrogens (primary N) is 2. The van der Waals surface area contributed by atoms with Gasteiger partial charge in [0.1, 0.15) is 0 Å². The topological polar surface area (TPSA) is 182 Å².